The molecule has 2 aromatic heterocycles. The maximum atomic E-state index is 13.4. The van der Waals surface area contributed by atoms with E-state index in [0.717, 1.165) is 12.3 Å². The van der Waals surface area contributed by atoms with E-state index in [4.69, 9.17) is 15.2 Å². The fourth-order valence-electron chi connectivity index (χ4n) is 2.48. The first-order chi connectivity index (χ1) is 12.3. The molecule has 3 rings (SSSR count). The highest BCUT2D eigenvalue weighted by Crippen LogP contribution is 2.35. The van der Waals surface area contributed by atoms with Gasteiger partial charge in [0.1, 0.15) is 5.56 Å². The molecular formula is C16H13F3N4O3. The van der Waals surface area contributed by atoms with Crippen molar-refractivity contribution >= 4 is 11.6 Å². The molecule has 0 spiro atoms. The van der Waals surface area contributed by atoms with Gasteiger partial charge in [0.15, 0.2) is 22.8 Å². The molecule has 0 fully saturated rings. The van der Waals surface area contributed by atoms with Crippen LogP contribution in [0.5, 0.6) is 11.5 Å². The van der Waals surface area contributed by atoms with Crippen LogP contribution in [0.15, 0.2) is 30.5 Å². The van der Waals surface area contributed by atoms with Crippen molar-refractivity contribution in [1.29, 1.82) is 0 Å². The van der Waals surface area contributed by atoms with Gasteiger partial charge in [-0.1, -0.05) is 0 Å². The molecule has 7 nitrogen and oxygen atoms in total. The summed E-state index contributed by atoms with van der Waals surface area (Å²) in [7, 11) is 2.84. The zero-order chi connectivity index (χ0) is 19.1. The number of nitrogens with two attached hydrogens (primary N) is 1. The standard InChI is InChI=1S/C16H13F3N4O3/c1-25-11-4-3-8(5-12(11)26-2)10-6-13(16(17,18)19)23-15(22-10)9(7-21-23)14(20)24/h3-7H,1-2H3,(H2,20,24). The Hall–Kier alpha value is -3.30. The number of halogens is 3. The van der Waals surface area contributed by atoms with Gasteiger partial charge in [0.25, 0.3) is 5.91 Å². The highest BCUT2D eigenvalue weighted by Gasteiger charge is 2.36. The zero-order valence-electron chi connectivity index (χ0n) is 13.7. The molecule has 26 heavy (non-hydrogen) atoms. The Bertz CT molecular complexity index is 998. The Morgan fingerprint density at radius 3 is 2.42 bits per heavy atom. The van der Waals surface area contributed by atoms with Crippen molar-refractivity contribution < 1.29 is 27.4 Å². The summed E-state index contributed by atoms with van der Waals surface area (Å²) < 4.78 is 51.1. The number of rotatable bonds is 4. The summed E-state index contributed by atoms with van der Waals surface area (Å²) in [6.45, 7) is 0. The van der Waals surface area contributed by atoms with Crippen LogP contribution >= 0.6 is 0 Å². The molecule has 0 aliphatic carbocycles. The van der Waals surface area contributed by atoms with Crippen molar-refractivity contribution in [2.45, 2.75) is 6.18 Å². The van der Waals surface area contributed by atoms with Gasteiger partial charge >= 0.3 is 6.18 Å². The summed E-state index contributed by atoms with van der Waals surface area (Å²) in [6.07, 6.45) is -3.76. The summed E-state index contributed by atoms with van der Waals surface area (Å²) in [5.41, 5.74) is 3.95. The van der Waals surface area contributed by atoms with Crippen LogP contribution in [0, 0.1) is 0 Å². The maximum absolute atomic E-state index is 13.4. The van der Waals surface area contributed by atoms with Crippen LogP contribution in [0.25, 0.3) is 16.9 Å². The smallest absolute Gasteiger partial charge is 0.433 e. The number of methoxy groups -OCH3 is 2. The van der Waals surface area contributed by atoms with E-state index in [2.05, 4.69) is 10.1 Å². The molecule has 0 aliphatic rings. The van der Waals surface area contributed by atoms with Gasteiger partial charge in [0, 0.05) is 5.56 Å². The van der Waals surface area contributed by atoms with Gasteiger partial charge in [-0.05, 0) is 24.3 Å². The average molecular weight is 366 g/mol. The Balaban J connectivity index is 2.30. The monoisotopic (exact) mass is 366 g/mol. The molecule has 2 heterocycles. The van der Waals surface area contributed by atoms with Crippen LogP contribution in [-0.4, -0.2) is 34.7 Å². The summed E-state index contributed by atoms with van der Waals surface area (Å²) in [5.74, 6) is -0.190. The van der Waals surface area contributed by atoms with E-state index >= 15 is 0 Å². The summed E-state index contributed by atoms with van der Waals surface area (Å²) in [6, 6.07) is 5.39. The lowest BCUT2D eigenvalue weighted by molar-refractivity contribution is -0.142. The van der Waals surface area contributed by atoms with E-state index in [1.807, 2.05) is 0 Å². The second-order valence-corrected chi connectivity index (χ2v) is 5.25. The second kappa shape index (κ2) is 6.21. The van der Waals surface area contributed by atoms with Crippen molar-refractivity contribution in [2.75, 3.05) is 14.2 Å². The lowest BCUT2D eigenvalue weighted by atomic mass is 10.1. The van der Waals surface area contributed by atoms with E-state index in [-0.39, 0.29) is 16.9 Å². The third kappa shape index (κ3) is 2.89. The fourth-order valence-corrected chi connectivity index (χ4v) is 2.48. The number of primary amides is 1. The fraction of sp³-hybridized carbons (Fsp3) is 0.188. The van der Waals surface area contributed by atoms with Crippen molar-refractivity contribution in [3.05, 3.63) is 41.7 Å². The topological polar surface area (TPSA) is 91.7 Å². The minimum absolute atomic E-state index is 0.0196. The van der Waals surface area contributed by atoms with Gasteiger partial charge in [-0.15, -0.1) is 0 Å². The predicted octanol–water partition coefficient (Wildman–Crippen LogP) is 2.53. The van der Waals surface area contributed by atoms with Gasteiger partial charge in [-0.25, -0.2) is 9.50 Å². The molecule has 10 heteroatoms. The number of hydrogen-bond acceptors (Lipinski definition) is 5. The molecule has 0 aliphatic heterocycles. The minimum Gasteiger partial charge on any atom is -0.493 e. The number of benzene rings is 1. The van der Waals surface area contributed by atoms with Crippen LogP contribution in [-0.2, 0) is 6.18 Å². The van der Waals surface area contributed by atoms with E-state index in [1.54, 1.807) is 6.07 Å². The van der Waals surface area contributed by atoms with Crippen LogP contribution in [0.1, 0.15) is 16.1 Å². The normalized spacial score (nSPS) is 11.6. The third-order valence-electron chi connectivity index (χ3n) is 3.71. The lowest BCUT2D eigenvalue weighted by Gasteiger charge is -2.13. The van der Waals surface area contributed by atoms with E-state index in [1.165, 1.54) is 26.4 Å². The molecule has 3 aromatic rings. The SMILES string of the molecule is COc1ccc(-c2cc(C(F)(F)F)n3ncc(C(N)=O)c3n2)cc1OC. The van der Waals surface area contributed by atoms with Gasteiger partial charge < -0.3 is 15.2 Å². The van der Waals surface area contributed by atoms with Crippen LogP contribution in [0.4, 0.5) is 13.2 Å². The molecule has 2 N–H and O–H groups in total. The first-order valence-electron chi connectivity index (χ1n) is 7.24. The second-order valence-electron chi connectivity index (χ2n) is 5.25. The first kappa shape index (κ1) is 17.5. The highest BCUT2D eigenvalue weighted by molar-refractivity contribution is 5.98. The summed E-state index contributed by atoms with van der Waals surface area (Å²) >= 11 is 0. The molecule has 1 aromatic carbocycles. The number of hydrogen-bond donors (Lipinski definition) is 1. The van der Waals surface area contributed by atoms with Crippen molar-refractivity contribution in [2.24, 2.45) is 5.73 Å². The molecule has 0 radical (unpaired) electrons. The summed E-state index contributed by atoms with van der Waals surface area (Å²) in [5, 5.41) is 3.59. The first-order valence-corrected chi connectivity index (χ1v) is 7.24. The number of ether oxygens (including phenoxy) is 2. The van der Waals surface area contributed by atoms with E-state index in [9.17, 15) is 18.0 Å². The minimum atomic E-state index is -4.71. The molecule has 0 saturated carbocycles. The van der Waals surface area contributed by atoms with Crippen LogP contribution in [0.2, 0.25) is 0 Å². The predicted molar refractivity (Wildman–Crippen MR) is 85.0 cm³/mol. The van der Waals surface area contributed by atoms with Gasteiger partial charge in [0.2, 0.25) is 0 Å². The number of aromatic nitrogens is 3. The number of carbonyl (C=O) groups is 1. The molecule has 0 atom stereocenters. The molecule has 136 valence electrons. The molecule has 0 saturated heterocycles. The number of nitrogens with zero attached hydrogens (tertiary/aromatic N) is 3. The molecule has 0 bridgehead atoms. The van der Waals surface area contributed by atoms with Gasteiger partial charge in [0.05, 0.1) is 26.1 Å². The molecule has 0 unspecified atom stereocenters. The number of fused-ring (bicyclic) bond motifs is 1. The zero-order valence-corrected chi connectivity index (χ0v) is 13.7. The van der Waals surface area contributed by atoms with Gasteiger partial charge in [-0.3, -0.25) is 4.79 Å². The number of alkyl halides is 3. The molecular weight excluding hydrogens is 353 g/mol. The van der Waals surface area contributed by atoms with Crippen molar-refractivity contribution in [3.8, 4) is 22.8 Å². The quantitative estimate of drug-likeness (QED) is 0.766. The number of amides is 1. The van der Waals surface area contributed by atoms with Crippen LogP contribution in [0.3, 0.4) is 0 Å². The van der Waals surface area contributed by atoms with Crippen molar-refractivity contribution in [3.63, 3.8) is 0 Å². The van der Waals surface area contributed by atoms with Crippen LogP contribution < -0.4 is 15.2 Å². The largest absolute Gasteiger partial charge is 0.493 e. The lowest BCUT2D eigenvalue weighted by Crippen LogP contribution is -2.15. The van der Waals surface area contributed by atoms with Crippen molar-refractivity contribution in [1.82, 2.24) is 14.6 Å². The summed E-state index contributed by atoms with van der Waals surface area (Å²) in [4.78, 5) is 15.6. The average Bonchev–Trinajstić information content (AvgIpc) is 3.03. The third-order valence-corrected chi connectivity index (χ3v) is 3.71. The van der Waals surface area contributed by atoms with E-state index in [0.29, 0.717) is 21.6 Å². The Kier molecular flexibility index (Phi) is 4.18. The highest BCUT2D eigenvalue weighted by atomic mass is 19.4. The number of carbonyl (C=O) groups excluding carboxylic acids is 1. The Labute approximate surface area is 145 Å². The van der Waals surface area contributed by atoms with E-state index < -0.39 is 17.8 Å². The molecule has 1 amide bonds. The Morgan fingerprint density at radius 2 is 1.85 bits per heavy atom. The maximum Gasteiger partial charge on any atom is 0.433 e. The van der Waals surface area contributed by atoms with Gasteiger partial charge in [-0.2, -0.15) is 18.3 Å². The Morgan fingerprint density at radius 1 is 1.15 bits per heavy atom.